The summed E-state index contributed by atoms with van der Waals surface area (Å²) in [6, 6.07) is 56.8. The Morgan fingerprint density at radius 3 is 1.53 bits per heavy atom. The topological polar surface area (TPSA) is 13.1 Å². The average molecular weight is 547 g/mol. The highest BCUT2D eigenvalue weighted by Gasteiger charge is 2.18. The summed E-state index contributed by atoms with van der Waals surface area (Å²) in [4.78, 5) is 0. The Kier molecular flexibility index (Phi) is 5.27. The van der Waals surface area contributed by atoms with Crippen molar-refractivity contribution in [1.29, 1.82) is 0 Å². The van der Waals surface area contributed by atoms with Crippen LogP contribution in [0.4, 0.5) is 0 Å². The molecule has 0 radical (unpaired) electrons. The van der Waals surface area contributed by atoms with E-state index in [-0.39, 0.29) is 0 Å². The van der Waals surface area contributed by atoms with Gasteiger partial charge in [0, 0.05) is 10.8 Å². The van der Waals surface area contributed by atoms with Gasteiger partial charge in [0.1, 0.15) is 11.2 Å². The van der Waals surface area contributed by atoms with Crippen molar-refractivity contribution in [3.63, 3.8) is 0 Å². The third kappa shape index (κ3) is 3.79. The summed E-state index contributed by atoms with van der Waals surface area (Å²) in [5.41, 5.74) is 9.13. The lowest BCUT2D eigenvalue weighted by molar-refractivity contribution is 0.669. The van der Waals surface area contributed by atoms with Gasteiger partial charge >= 0.3 is 0 Å². The van der Waals surface area contributed by atoms with Gasteiger partial charge in [-0.25, -0.2) is 0 Å². The van der Waals surface area contributed by atoms with E-state index in [4.69, 9.17) is 4.42 Å². The Bertz CT molecular complexity index is 2440. The molecule has 0 N–H and O–H groups in total. The average Bonchev–Trinajstić information content (AvgIpc) is 3.44. The van der Waals surface area contributed by atoms with Gasteiger partial charge in [0.2, 0.25) is 0 Å². The molecule has 0 unspecified atom stereocenters. The molecule has 200 valence electrons. The van der Waals surface area contributed by atoms with E-state index in [0.717, 1.165) is 27.5 Å². The minimum absolute atomic E-state index is 0.907. The van der Waals surface area contributed by atoms with Gasteiger partial charge in [-0.1, -0.05) is 127 Å². The normalized spacial score (nSPS) is 11.7. The van der Waals surface area contributed by atoms with Crippen molar-refractivity contribution in [2.45, 2.75) is 0 Å². The second kappa shape index (κ2) is 9.44. The maximum Gasteiger partial charge on any atom is 0.136 e. The van der Waals surface area contributed by atoms with Gasteiger partial charge in [-0.2, -0.15) is 0 Å². The van der Waals surface area contributed by atoms with Crippen LogP contribution in [0.1, 0.15) is 0 Å². The Labute approximate surface area is 249 Å². The fourth-order valence-electron chi connectivity index (χ4n) is 6.84. The van der Waals surface area contributed by atoms with E-state index in [1.54, 1.807) is 0 Å². The number of hydrogen-bond acceptors (Lipinski definition) is 1. The smallest absolute Gasteiger partial charge is 0.136 e. The molecule has 0 aliphatic carbocycles. The van der Waals surface area contributed by atoms with E-state index in [1.807, 2.05) is 0 Å². The third-order valence-electron chi connectivity index (χ3n) is 8.84. The minimum atomic E-state index is 0.907. The van der Waals surface area contributed by atoms with Crippen LogP contribution in [0.3, 0.4) is 0 Å². The molecule has 0 aliphatic rings. The largest absolute Gasteiger partial charge is 0.456 e. The minimum Gasteiger partial charge on any atom is -0.456 e. The molecule has 0 fully saturated rings. The van der Waals surface area contributed by atoms with Crippen LogP contribution in [0.15, 0.2) is 162 Å². The molecule has 43 heavy (non-hydrogen) atoms. The van der Waals surface area contributed by atoms with Crippen molar-refractivity contribution in [2.75, 3.05) is 0 Å². The van der Waals surface area contributed by atoms with Gasteiger partial charge in [-0.15, -0.1) is 0 Å². The number of furan rings is 1. The third-order valence-corrected chi connectivity index (χ3v) is 8.84. The molecular formula is C42H26O. The zero-order valence-corrected chi connectivity index (χ0v) is 23.4. The van der Waals surface area contributed by atoms with E-state index in [9.17, 15) is 0 Å². The van der Waals surface area contributed by atoms with Gasteiger partial charge in [-0.3, -0.25) is 0 Å². The highest BCUT2D eigenvalue weighted by atomic mass is 16.3. The Morgan fingerprint density at radius 2 is 0.837 bits per heavy atom. The Balaban J connectivity index is 1.29. The van der Waals surface area contributed by atoms with Crippen LogP contribution in [0.2, 0.25) is 0 Å². The van der Waals surface area contributed by atoms with Crippen LogP contribution in [0.25, 0.3) is 87.6 Å². The molecule has 1 nitrogen and oxygen atoms in total. The fraction of sp³-hybridized carbons (Fsp3) is 0. The summed E-state index contributed by atoms with van der Waals surface area (Å²) < 4.78 is 6.46. The molecule has 0 saturated carbocycles. The van der Waals surface area contributed by atoms with Crippen LogP contribution < -0.4 is 0 Å². The van der Waals surface area contributed by atoms with Crippen LogP contribution >= 0.6 is 0 Å². The highest BCUT2D eigenvalue weighted by Crippen LogP contribution is 2.45. The van der Waals surface area contributed by atoms with Crippen molar-refractivity contribution < 1.29 is 4.42 Å². The first-order chi connectivity index (χ1) is 21.3. The highest BCUT2D eigenvalue weighted by molar-refractivity contribution is 6.22. The molecule has 9 rings (SSSR count). The van der Waals surface area contributed by atoms with Gasteiger partial charge in [-0.05, 0) is 96.0 Å². The molecule has 9 aromatic rings. The second-order valence-corrected chi connectivity index (χ2v) is 11.3. The lowest BCUT2D eigenvalue weighted by atomic mass is 9.85. The van der Waals surface area contributed by atoms with Crippen molar-refractivity contribution in [3.05, 3.63) is 158 Å². The second-order valence-electron chi connectivity index (χ2n) is 11.3. The standard InChI is InChI=1S/C42H26O/c1-2-10-27(11-3-1)30-21-23-39-38(25-30)33-22-20-32(26-40(33)43-39)42-36-16-8-6-14-34(36)41(35-15-7-9-17-37(35)42)31-19-18-28-12-4-5-13-29(28)24-31/h1-26H. The number of benzene rings is 8. The fourth-order valence-corrected chi connectivity index (χ4v) is 6.84. The van der Waals surface area contributed by atoms with Crippen molar-refractivity contribution in [1.82, 2.24) is 0 Å². The van der Waals surface area contributed by atoms with E-state index in [2.05, 4.69) is 158 Å². The zero-order valence-electron chi connectivity index (χ0n) is 23.4. The number of rotatable bonds is 3. The lowest BCUT2D eigenvalue weighted by Gasteiger charge is -2.18. The van der Waals surface area contributed by atoms with E-state index >= 15 is 0 Å². The van der Waals surface area contributed by atoms with Crippen molar-refractivity contribution >= 4 is 54.3 Å². The van der Waals surface area contributed by atoms with Gasteiger partial charge in [0.15, 0.2) is 0 Å². The van der Waals surface area contributed by atoms with E-state index < -0.39 is 0 Å². The lowest BCUT2D eigenvalue weighted by Crippen LogP contribution is -1.91. The monoisotopic (exact) mass is 546 g/mol. The van der Waals surface area contributed by atoms with Crippen molar-refractivity contribution in [2.24, 2.45) is 0 Å². The van der Waals surface area contributed by atoms with Crippen LogP contribution in [0, 0.1) is 0 Å². The Hall–Kier alpha value is -5.66. The predicted octanol–water partition coefficient (Wildman–Crippen LogP) is 12.0. The first-order valence-corrected chi connectivity index (χ1v) is 14.8. The van der Waals surface area contributed by atoms with Gasteiger partial charge < -0.3 is 4.42 Å². The van der Waals surface area contributed by atoms with E-state index in [0.29, 0.717) is 0 Å². The maximum absolute atomic E-state index is 6.46. The summed E-state index contributed by atoms with van der Waals surface area (Å²) in [6.07, 6.45) is 0. The number of hydrogen-bond donors (Lipinski definition) is 0. The number of fused-ring (bicyclic) bond motifs is 6. The SMILES string of the molecule is c1ccc(-c2ccc3oc4cc(-c5c6ccccc6c(-c6ccc7ccccc7c6)c6ccccc56)ccc4c3c2)cc1. The summed E-state index contributed by atoms with van der Waals surface area (Å²) in [7, 11) is 0. The van der Waals surface area contributed by atoms with Gasteiger partial charge in [0.25, 0.3) is 0 Å². The van der Waals surface area contributed by atoms with E-state index in [1.165, 1.54) is 60.1 Å². The van der Waals surface area contributed by atoms with Crippen molar-refractivity contribution in [3.8, 4) is 33.4 Å². The molecule has 0 bridgehead atoms. The molecular weight excluding hydrogens is 520 g/mol. The molecule has 0 amide bonds. The molecule has 0 aliphatic heterocycles. The molecule has 0 spiro atoms. The van der Waals surface area contributed by atoms with Crippen LogP contribution in [-0.2, 0) is 0 Å². The molecule has 1 aromatic heterocycles. The Morgan fingerprint density at radius 1 is 0.279 bits per heavy atom. The molecule has 1 heteroatoms. The first kappa shape index (κ1) is 24.0. The summed E-state index contributed by atoms with van der Waals surface area (Å²) in [5, 5.41) is 9.78. The quantitative estimate of drug-likeness (QED) is 0.201. The van der Waals surface area contributed by atoms with Crippen LogP contribution in [-0.4, -0.2) is 0 Å². The molecule has 0 atom stereocenters. The summed E-state index contributed by atoms with van der Waals surface area (Å²) in [5.74, 6) is 0. The maximum atomic E-state index is 6.46. The molecule has 8 aromatic carbocycles. The zero-order chi connectivity index (χ0) is 28.3. The summed E-state index contributed by atoms with van der Waals surface area (Å²) in [6.45, 7) is 0. The summed E-state index contributed by atoms with van der Waals surface area (Å²) >= 11 is 0. The predicted molar refractivity (Wildman–Crippen MR) is 183 cm³/mol. The first-order valence-electron chi connectivity index (χ1n) is 14.8. The van der Waals surface area contributed by atoms with Crippen LogP contribution in [0.5, 0.6) is 0 Å². The van der Waals surface area contributed by atoms with Gasteiger partial charge in [0.05, 0.1) is 0 Å². The molecule has 1 heterocycles. The molecule has 0 saturated heterocycles.